The molecule has 0 atom stereocenters. The van der Waals surface area contributed by atoms with Crippen molar-refractivity contribution in [3.63, 3.8) is 0 Å². The lowest BCUT2D eigenvalue weighted by atomic mass is 10.2. The van der Waals surface area contributed by atoms with Crippen molar-refractivity contribution in [1.82, 2.24) is 9.97 Å². The molecule has 1 heterocycles. The van der Waals surface area contributed by atoms with Crippen LogP contribution in [0.1, 0.15) is 11.1 Å². The molecule has 0 amide bonds. The normalized spacial score (nSPS) is 11.0. The van der Waals surface area contributed by atoms with E-state index >= 15 is 0 Å². The van der Waals surface area contributed by atoms with Crippen LogP contribution in [0.4, 0.5) is 17.6 Å². The van der Waals surface area contributed by atoms with Crippen LogP contribution < -0.4 is 16.6 Å². The van der Waals surface area contributed by atoms with Gasteiger partial charge in [-0.25, -0.2) is 0 Å². The first-order chi connectivity index (χ1) is 12.3. The third-order valence-corrected chi connectivity index (χ3v) is 3.13. The van der Waals surface area contributed by atoms with Crippen molar-refractivity contribution in [2.45, 2.75) is 0 Å². The Hall–Kier alpha value is -3.74. The van der Waals surface area contributed by atoms with Crippen LogP contribution in [0.3, 0.4) is 0 Å². The number of nitrogens with two attached hydrogens (primary N) is 1. The van der Waals surface area contributed by atoms with E-state index in [1.807, 2.05) is 60.7 Å². The maximum Gasteiger partial charge on any atom is 0.224 e. The minimum absolute atomic E-state index is 0.123. The molecule has 0 radical (unpaired) electrons. The number of rotatable bonds is 6. The van der Waals surface area contributed by atoms with E-state index in [-0.39, 0.29) is 5.95 Å². The van der Waals surface area contributed by atoms with Crippen molar-refractivity contribution in [3.05, 3.63) is 77.9 Å². The predicted octanol–water partition coefficient (Wildman–Crippen LogP) is 2.95. The molecule has 4 N–H and O–H groups in total. The summed E-state index contributed by atoms with van der Waals surface area (Å²) < 4.78 is 0. The summed E-state index contributed by atoms with van der Waals surface area (Å²) in [5, 5.41) is 8.27. The zero-order chi connectivity index (χ0) is 17.3. The van der Waals surface area contributed by atoms with E-state index in [1.165, 1.54) is 0 Å². The van der Waals surface area contributed by atoms with E-state index in [0.717, 1.165) is 11.1 Å². The van der Waals surface area contributed by atoms with Gasteiger partial charge in [0, 0.05) is 6.07 Å². The van der Waals surface area contributed by atoms with Gasteiger partial charge in [0.1, 0.15) is 0 Å². The zero-order valence-corrected chi connectivity index (χ0v) is 13.4. The van der Waals surface area contributed by atoms with E-state index in [9.17, 15) is 0 Å². The Morgan fingerprint density at radius 2 is 1.16 bits per heavy atom. The Kier molecular flexibility index (Phi) is 5.30. The second-order valence-corrected chi connectivity index (χ2v) is 5.06. The van der Waals surface area contributed by atoms with Gasteiger partial charge in [-0.15, -0.1) is 0 Å². The first-order valence-corrected chi connectivity index (χ1v) is 7.62. The quantitative estimate of drug-likeness (QED) is 0.476. The number of hydrazone groups is 2. The summed E-state index contributed by atoms with van der Waals surface area (Å²) in [6.07, 6.45) is 3.39. The molecule has 124 valence electrons. The number of nitrogens with zero attached hydrogens (tertiary/aromatic N) is 4. The van der Waals surface area contributed by atoms with Crippen LogP contribution in [0.5, 0.6) is 0 Å². The zero-order valence-electron chi connectivity index (χ0n) is 13.4. The third kappa shape index (κ3) is 5.14. The molecular weight excluding hydrogens is 314 g/mol. The summed E-state index contributed by atoms with van der Waals surface area (Å²) in [6, 6.07) is 21.1. The Bertz CT molecular complexity index is 791. The van der Waals surface area contributed by atoms with E-state index in [0.29, 0.717) is 11.6 Å². The fourth-order valence-electron chi connectivity index (χ4n) is 2.00. The van der Waals surface area contributed by atoms with Gasteiger partial charge in [-0.05, 0) is 11.1 Å². The van der Waals surface area contributed by atoms with Gasteiger partial charge in [-0.1, -0.05) is 60.7 Å². The van der Waals surface area contributed by atoms with Gasteiger partial charge < -0.3 is 5.73 Å². The Balaban J connectivity index is 1.64. The second-order valence-electron chi connectivity index (χ2n) is 5.06. The summed E-state index contributed by atoms with van der Waals surface area (Å²) in [4.78, 5) is 8.16. The summed E-state index contributed by atoms with van der Waals surface area (Å²) in [7, 11) is 0. The lowest BCUT2D eigenvalue weighted by Crippen LogP contribution is -2.03. The molecule has 3 rings (SSSR count). The summed E-state index contributed by atoms with van der Waals surface area (Å²) in [6.45, 7) is 0. The maximum absolute atomic E-state index is 5.72. The monoisotopic (exact) mass is 331 g/mol. The van der Waals surface area contributed by atoms with E-state index in [2.05, 4.69) is 31.0 Å². The fraction of sp³-hybridized carbons (Fsp3) is 0. The molecule has 0 aliphatic carbocycles. The van der Waals surface area contributed by atoms with Gasteiger partial charge in [-0.3, -0.25) is 10.9 Å². The Morgan fingerprint density at radius 1 is 0.720 bits per heavy atom. The van der Waals surface area contributed by atoms with E-state index in [1.54, 1.807) is 18.5 Å². The Morgan fingerprint density at radius 3 is 1.60 bits per heavy atom. The number of benzene rings is 2. The molecule has 0 unspecified atom stereocenters. The molecule has 2 aromatic carbocycles. The van der Waals surface area contributed by atoms with Gasteiger partial charge in [0.05, 0.1) is 12.4 Å². The van der Waals surface area contributed by atoms with Crippen LogP contribution in [0.2, 0.25) is 0 Å². The first kappa shape index (κ1) is 16.1. The predicted molar refractivity (Wildman–Crippen MR) is 102 cm³/mol. The molecular formula is C18H17N7. The summed E-state index contributed by atoms with van der Waals surface area (Å²) in [5.41, 5.74) is 13.3. The molecule has 0 spiro atoms. The topological polar surface area (TPSA) is 101 Å². The molecule has 7 heteroatoms. The van der Waals surface area contributed by atoms with Crippen molar-refractivity contribution in [2.24, 2.45) is 10.2 Å². The maximum atomic E-state index is 5.72. The van der Waals surface area contributed by atoms with Crippen molar-refractivity contribution >= 4 is 30.0 Å². The highest BCUT2D eigenvalue weighted by Gasteiger charge is 2.00. The lowest BCUT2D eigenvalue weighted by Gasteiger charge is -2.04. The minimum Gasteiger partial charge on any atom is -0.368 e. The highest BCUT2D eigenvalue weighted by Crippen LogP contribution is 2.12. The summed E-state index contributed by atoms with van der Waals surface area (Å²) in [5.74, 6) is 1.06. The lowest BCUT2D eigenvalue weighted by molar-refractivity contribution is 1.13. The number of anilines is 3. The van der Waals surface area contributed by atoms with Gasteiger partial charge in [-0.2, -0.15) is 20.2 Å². The largest absolute Gasteiger partial charge is 0.368 e. The van der Waals surface area contributed by atoms with Crippen molar-refractivity contribution in [2.75, 3.05) is 16.6 Å². The van der Waals surface area contributed by atoms with Crippen molar-refractivity contribution in [3.8, 4) is 0 Å². The van der Waals surface area contributed by atoms with E-state index in [4.69, 9.17) is 5.73 Å². The molecule has 0 fully saturated rings. The van der Waals surface area contributed by atoms with Crippen LogP contribution in [0, 0.1) is 0 Å². The van der Waals surface area contributed by atoms with Gasteiger partial charge in [0.25, 0.3) is 0 Å². The standard InChI is InChI=1S/C18H17N7/c19-18-22-16(24-20-12-14-7-3-1-4-8-14)11-17(23-18)25-21-13-15-9-5-2-6-10-15/h1-13H,(H4,19,22,23,24,25). The number of hydrogen-bond acceptors (Lipinski definition) is 7. The molecule has 0 saturated heterocycles. The molecule has 0 aliphatic rings. The molecule has 1 aromatic heterocycles. The number of aromatic nitrogens is 2. The van der Waals surface area contributed by atoms with Crippen LogP contribution in [-0.4, -0.2) is 22.4 Å². The first-order valence-electron chi connectivity index (χ1n) is 7.62. The van der Waals surface area contributed by atoms with Gasteiger partial charge in [0.2, 0.25) is 5.95 Å². The molecule has 0 bridgehead atoms. The SMILES string of the molecule is Nc1nc(NN=Cc2ccccc2)cc(NN=Cc2ccccc2)n1. The smallest absolute Gasteiger partial charge is 0.224 e. The van der Waals surface area contributed by atoms with Crippen molar-refractivity contribution < 1.29 is 0 Å². The molecule has 7 nitrogen and oxygen atoms in total. The van der Waals surface area contributed by atoms with E-state index < -0.39 is 0 Å². The average Bonchev–Trinajstić information content (AvgIpc) is 2.63. The second kappa shape index (κ2) is 8.21. The van der Waals surface area contributed by atoms with Crippen LogP contribution in [0.25, 0.3) is 0 Å². The van der Waals surface area contributed by atoms with Gasteiger partial charge >= 0.3 is 0 Å². The highest BCUT2D eigenvalue weighted by molar-refractivity contribution is 5.80. The average molecular weight is 331 g/mol. The molecule has 0 saturated carbocycles. The minimum atomic E-state index is 0.123. The van der Waals surface area contributed by atoms with Crippen molar-refractivity contribution in [1.29, 1.82) is 0 Å². The molecule has 0 aliphatic heterocycles. The van der Waals surface area contributed by atoms with Crippen LogP contribution in [-0.2, 0) is 0 Å². The molecule has 25 heavy (non-hydrogen) atoms. The van der Waals surface area contributed by atoms with Crippen LogP contribution >= 0.6 is 0 Å². The molecule has 3 aromatic rings. The number of hydrogen-bond donors (Lipinski definition) is 3. The highest BCUT2D eigenvalue weighted by atomic mass is 15.3. The number of nitrogens with one attached hydrogen (secondary N) is 2. The summed E-state index contributed by atoms with van der Waals surface area (Å²) >= 11 is 0. The third-order valence-electron chi connectivity index (χ3n) is 3.13. The van der Waals surface area contributed by atoms with Crippen LogP contribution in [0.15, 0.2) is 76.9 Å². The van der Waals surface area contributed by atoms with Gasteiger partial charge in [0.15, 0.2) is 11.6 Å². The number of nitrogen functional groups attached to an aromatic ring is 1. The fourth-order valence-corrected chi connectivity index (χ4v) is 2.00. The Labute approximate surface area is 145 Å².